The van der Waals surface area contributed by atoms with Crippen molar-refractivity contribution in [1.29, 1.82) is 0 Å². The van der Waals surface area contributed by atoms with Crippen molar-refractivity contribution in [3.63, 3.8) is 0 Å². The Balaban J connectivity index is 2.13. The number of hydrogen-bond acceptors (Lipinski definition) is 3. The molecule has 4 heteroatoms. The van der Waals surface area contributed by atoms with Gasteiger partial charge in [0.2, 0.25) is 0 Å². The van der Waals surface area contributed by atoms with Crippen LogP contribution in [0.1, 0.15) is 5.56 Å². The van der Waals surface area contributed by atoms with Gasteiger partial charge in [-0.3, -0.25) is 0 Å². The van der Waals surface area contributed by atoms with E-state index in [0.29, 0.717) is 6.42 Å². The molecule has 18 heavy (non-hydrogen) atoms. The predicted molar refractivity (Wildman–Crippen MR) is 71.7 cm³/mol. The van der Waals surface area contributed by atoms with Crippen molar-refractivity contribution in [2.75, 3.05) is 0 Å². The molecule has 0 heterocycles. The van der Waals surface area contributed by atoms with Crippen LogP contribution in [0.25, 0.3) is 0 Å². The maximum Gasteiger partial charge on any atom is 0.149 e. The Bertz CT molecular complexity index is 541. The normalized spacial score (nSPS) is 11.3. The second-order valence-electron chi connectivity index (χ2n) is 3.72. The molecule has 0 atom stereocenters. The summed E-state index contributed by atoms with van der Waals surface area (Å²) in [5.41, 5.74) is 0.922. The average molecular weight is 262 g/mol. The number of benzene rings is 2. The van der Waals surface area contributed by atoms with Crippen molar-refractivity contribution in [2.24, 2.45) is 5.16 Å². The van der Waals surface area contributed by atoms with E-state index in [4.69, 9.17) is 21.5 Å². The molecule has 0 bridgehead atoms. The van der Waals surface area contributed by atoms with Crippen LogP contribution in [0.15, 0.2) is 59.8 Å². The molecule has 1 N–H and O–H groups in total. The molecule has 92 valence electrons. The van der Waals surface area contributed by atoms with Crippen LogP contribution in [0.4, 0.5) is 0 Å². The van der Waals surface area contributed by atoms with E-state index in [1.807, 2.05) is 54.6 Å². The van der Waals surface area contributed by atoms with Gasteiger partial charge in [-0.25, -0.2) is 0 Å². The highest BCUT2D eigenvalue weighted by Gasteiger charge is 2.01. The van der Waals surface area contributed by atoms with Gasteiger partial charge < -0.3 is 9.94 Å². The molecule has 3 nitrogen and oxygen atoms in total. The molecule has 2 aromatic carbocycles. The van der Waals surface area contributed by atoms with Gasteiger partial charge in [0.15, 0.2) is 0 Å². The standard InChI is InChI=1S/C14H12ClNO2/c15-14(16-17)10-11-5-4-8-13(9-11)18-12-6-2-1-3-7-12/h1-9,17H,10H2/b16-14-. The Labute approximate surface area is 110 Å². The molecule has 2 aromatic rings. The minimum Gasteiger partial charge on any atom is -0.457 e. The molecule has 0 saturated heterocycles. The van der Waals surface area contributed by atoms with Gasteiger partial charge in [-0.15, -0.1) is 0 Å². The topological polar surface area (TPSA) is 41.8 Å². The first-order valence-electron chi connectivity index (χ1n) is 5.46. The molecule has 0 aromatic heterocycles. The van der Waals surface area contributed by atoms with E-state index in [9.17, 15) is 0 Å². The van der Waals surface area contributed by atoms with Gasteiger partial charge in [0.1, 0.15) is 16.7 Å². The van der Waals surface area contributed by atoms with Gasteiger partial charge >= 0.3 is 0 Å². The number of oxime groups is 1. The van der Waals surface area contributed by atoms with Crippen molar-refractivity contribution in [3.05, 3.63) is 60.2 Å². The van der Waals surface area contributed by atoms with Crippen LogP contribution in [0.5, 0.6) is 11.5 Å². The van der Waals surface area contributed by atoms with Gasteiger partial charge in [-0.05, 0) is 29.8 Å². The molecule has 0 aliphatic carbocycles. The van der Waals surface area contributed by atoms with E-state index in [1.54, 1.807) is 0 Å². The van der Waals surface area contributed by atoms with Gasteiger partial charge in [0.05, 0.1) is 0 Å². The number of hydrogen-bond donors (Lipinski definition) is 1. The zero-order chi connectivity index (χ0) is 12.8. The van der Waals surface area contributed by atoms with Gasteiger partial charge in [-0.2, -0.15) is 0 Å². The second kappa shape index (κ2) is 6.07. The Kier molecular flexibility index (Phi) is 4.20. The average Bonchev–Trinajstić information content (AvgIpc) is 2.40. The molecule has 0 spiro atoms. The molecule has 0 saturated carbocycles. The fourth-order valence-electron chi connectivity index (χ4n) is 1.55. The Morgan fingerprint density at radius 1 is 1.06 bits per heavy atom. The largest absolute Gasteiger partial charge is 0.457 e. The fourth-order valence-corrected chi connectivity index (χ4v) is 1.70. The first kappa shape index (κ1) is 12.5. The lowest BCUT2D eigenvalue weighted by Gasteiger charge is -2.06. The lowest BCUT2D eigenvalue weighted by Crippen LogP contribution is -1.94. The van der Waals surface area contributed by atoms with Crippen molar-refractivity contribution in [1.82, 2.24) is 0 Å². The van der Waals surface area contributed by atoms with Crippen LogP contribution in [-0.4, -0.2) is 10.4 Å². The molecular weight excluding hydrogens is 250 g/mol. The summed E-state index contributed by atoms with van der Waals surface area (Å²) in [5, 5.41) is 11.6. The minimum absolute atomic E-state index is 0.145. The summed E-state index contributed by atoms with van der Waals surface area (Å²) in [6.45, 7) is 0. The Morgan fingerprint density at radius 3 is 2.50 bits per heavy atom. The van der Waals surface area contributed by atoms with Crippen LogP contribution >= 0.6 is 11.6 Å². The minimum atomic E-state index is 0.145. The SMILES string of the molecule is O/N=C(\Cl)Cc1cccc(Oc2ccccc2)c1. The smallest absolute Gasteiger partial charge is 0.149 e. The molecule has 0 radical (unpaired) electrons. The van der Waals surface area contributed by atoms with E-state index in [0.717, 1.165) is 17.1 Å². The van der Waals surface area contributed by atoms with Crippen molar-refractivity contribution in [2.45, 2.75) is 6.42 Å². The van der Waals surface area contributed by atoms with Crippen LogP contribution in [0.3, 0.4) is 0 Å². The summed E-state index contributed by atoms with van der Waals surface area (Å²) in [5.74, 6) is 1.50. The third-order valence-corrected chi connectivity index (χ3v) is 2.55. The van der Waals surface area contributed by atoms with Crippen molar-refractivity contribution < 1.29 is 9.94 Å². The number of halogens is 1. The van der Waals surface area contributed by atoms with Gasteiger partial charge in [0.25, 0.3) is 0 Å². The molecule has 0 fully saturated rings. The Morgan fingerprint density at radius 2 is 1.78 bits per heavy atom. The lowest BCUT2D eigenvalue weighted by molar-refractivity contribution is 0.319. The molecule has 0 aliphatic heterocycles. The van der Waals surface area contributed by atoms with Crippen LogP contribution < -0.4 is 4.74 Å². The second-order valence-corrected chi connectivity index (χ2v) is 4.15. The lowest BCUT2D eigenvalue weighted by atomic mass is 10.1. The maximum atomic E-state index is 8.53. The van der Waals surface area contributed by atoms with Crippen molar-refractivity contribution in [3.8, 4) is 11.5 Å². The predicted octanol–water partition coefficient (Wildman–Crippen LogP) is 4.05. The first-order valence-corrected chi connectivity index (χ1v) is 5.84. The van der Waals surface area contributed by atoms with E-state index >= 15 is 0 Å². The highest BCUT2D eigenvalue weighted by Crippen LogP contribution is 2.22. The van der Waals surface area contributed by atoms with E-state index in [2.05, 4.69) is 5.16 Å². The van der Waals surface area contributed by atoms with Crippen LogP contribution in [0, 0.1) is 0 Å². The first-order chi connectivity index (χ1) is 8.78. The summed E-state index contributed by atoms with van der Waals surface area (Å²) in [6, 6.07) is 17.0. The zero-order valence-corrected chi connectivity index (χ0v) is 10.3. The van der Waals surface area contributed by atoms with Crippen molar-refractivity contribution >= 4 is 16.8 Å². The molecule has 0 aliphatic rings. The molecule has 2 rings (SSSR count). The zero-order valence-electron chi connectivity index (χ0n) is 9.58. The quantitative estimate of drug-likeness (QED) is 0.513. The molecular formula is C14H12ClNO2. The molecule has 0 amide bonds. The number of para-hydroxylation sites is 1. The van der Waals surface area contributed by atoms with Crippen LogP contribution in [-0.2, 0) is 6.42 Å². The van der Waals surface area contributed by atoms with Crippen LogP contribution in [0.2, 0.25) is 0 Å². The van der Waals surface area contributed by atoms with E-state index in [-0.39, 0.29) is 5.17 Å². The molecule has 0 unspecified atom stereocenters. The summed E-state index contributed by atoms with van der Waals surface area (Å²) >= 11 is 5.67. The highest BCUT2D eigenvalue weighted by atomic mass is 35.5. The maximum absolute atomic E-state index is 8.53. The highest BCUT2D eigenvalue weighted by molar-refractivity contribution is 6.65. The monoisotopic (exact) mass is 261 g/mol. The number of rotatable bonds is 4. The van der Waals surface area contributed by atoms with Gasteiger partial charge in [0, 0.05) is 6.42 Å². The summed E-state index contributed by atoms with van der Waals surface area (Å²) in [4.78, 5) is 0. The summed E-state index contributed by atoms with van der Waals surface area (Å²) in [7, 11) is 0. The Hall–Kier alpha value is -2.00. The van der Waals surface area contributed by atoms with E-state index in [1.165, 1.54) is 0 Å². The summed E-state index contributed by atoms with van der Waals surface area (Å²) in [6.07, 6.45) is 0.379. The van der Waals surface area contributed by atoms with E-state index < -0.39 is 0 Å². The van der Waals surface area contributed by atoms with Gasteiger partial charge in [-0.1, -0.05) is 47.1 Å². The fraction of sp³-hybridized carbons (Fsp3) is 0.0714. The third kappa shape index (κ3) is 3.50. The number of nitrogens with zero attached hydrogens (tertiary/aromatic N) is 1. The number of ether oxygens (including phenoxy) is 1. The summed E-state index contributed by atoms with van der Waals surface area (Å²) < 4.78 is 5.69. The third-order valence-electron chi connectivity index (χ3n) is 2.34.